The van der Waals surface area contributed by atoms with Crippen LogP contribution in [0.4, 0.5) is 4.39 Å². The number of nitrogens with one attached hydrogen (secondary N) is 2. The maximum atomic E-state index is 13.8. The highest BCUT2D eigenvalue weighted by Gasteiger charge is 2.22. The molecule has 118 valence electrons. The predicted octanol–water partition coefficient (Wildman–Crippen LogP) is 1.97. The molecule has 2 N–H and O–H groups in total. The molecule has 0 amide bonds. The van der Waals surface area contributed by atoms with Crippen LogP contribution < -0.4 is 10.0 Å². The van der Waals surface area contributed by atoms with Crippen LogP contribution >= 0.6 is 11.8 Å². The van der Waals surface area contributed by atoms with Gasteiger partial charge in [-0.05, 0) is 48.1 Å². The topological polar surface area (TPSA) is 58.2 Å². The summed E-state index contributed by atoms with van der Waals surface area (Å²) < 4.78 is 40.9. The zero-order chi connectivity index (χ0) is 15.3. The van der Waals surface area contributed by atoms with Crippen molar-refractivity contribution in [1.29, 1.82) is 0 Å². The molecule has 0 saturated carbocycles. The Balaban J connectivity index is 2.09. The van der Waals surface area contributed by atoms with E-state index in [4.69, 9.17) is 0 Å². The van der Waals surface area contributed by atoms with E-state index in [0.717, 1.165) is 30.0 Å². The Hall–Kier alpha value is -0.630. The van der Waals surface area contributed by atoms with E-state index in [9.17, 15) is 12.8 Å². The van der Waals surface area contributed by atoms with Crippen molar-refractivity contribution >= 4 is 21.8 Å². The Morgan fingerprint density at radius 2 is 2.24 bits per heavy atom. The fraction of sp³-hybridized carbons (Fsp3) is 0.571. The molecule has 0 bridgehead atoms. The zero-order valence-corrected chi connectivity index (χ0v) is 13.7. The van der Waals surface area contributed by atoms with Crippen LogP contribution in [0.15, 0.2) is 23.1 Å². The van der Waals surface area contributed by atoms with E-state index in [-0.39, 0.29) is 4.90 Å². The fourth-order valence-corrected chi connectivity index (χ4v) is 4.71. The molecular weight excluding hydrogens is 311 g/mol. The minimum absolute atomic E-state index is 0.261. The van der Waals surface area contributed by atoms with Crippen molar-refractivity contribution in [1.82, 2.24) is 10.0 Å². The highest BCUT2D eigenvalue weighted by molar-refractivity contribution is 7.99. The Kier molecular flexibility index (Phi) is 6.04. The average Bonchev–Trinajstić information content (AvgIpc) is 2.97. The Morgan fingerprint density at radius 1 is 1.43 bits per heavy atom. The number of benzene rings is 1. The molecule has 0 aliphatic carbocycles. The van der Waals surface area contributed by atoms with E-state index in [0.29, 0.717) is 19.0 Å². The number of halogens is 1. The lowest BCUT2D eigenvalue weighted by Gasteiger charge is -2.12. The SMILES string of the molecule is CCNCc1ccc(F)c(S(=O)(=O)NCC2CCSC2)c1. The lowest BCUT2D eigenvalue weighted by Crippen LogP contribution is -2.30. The fourth-order valence-electron chi connectivity index (χ4n) is 2.18. The van der Waals surface area contributed by atoms with Gasteiger partial charge in [-0.15, -0.1) is 0 Å². The third-order valence-electron chi connectivity index (χ3n) is 3.45. The molecule has 1 aromatic carbocycles. The van der Waals surface area contributed by atoms with Gasteiger partial charge in [0.25, 0.3) is 0 Å². The van der Waals surface area contributed by atoms with Gasteiger partial charge in [-0.3, -0.25) is 0 Å². The van der Waals surface area contributed by atoms with Gasteiger partial charge in [-0.25, -0.2) is 17.5 Å². The molecule has 1 atom stereocenters. The first kappa shape index (κ1) is 16.7. The highest BCUT2D eigenvalue weighted by Crippen LogP contribution is 2.23. The van der Waals surface area contributed by atoms with Crippen molar-refractivity contribution in [3.05, 3.63) is 29.6 Å². The molecule has 0 spiro atoms. The molecular formula is C14H21FN2O2S2. The molecule has 4 nitrogen and oxygen atoms in total. The number of hydrogen-bond acceptors (Lipinski definition) is 4. The number of sulfonamides is 1. The highest BCUT2D eigenvalue weighted by atomic mass is 32.2. The second kappa shape index (κ2) is 7.58. The number of thioether (sulfide) groups is 1. The maximum Gasteiger partial charge on any atom is 0.243 e. The van der Waals surface area contributed by atoms with Crippen molar-refractivity contribution in [2.24, 2.45) is 5.92 Å². The van der Waals surface area contributed by atoms with Crippen molar-refractivity contribution in [3.63, 3.8) is 0 Å². The van der Waals surface area contributed by atoms with E-state index in [2.05, 4.69) is 10.0 Å². The standard InChI is InChI=1S/C14H21FN2O2S2/c1-2-16-8-11-3-4-13(15)14(7-11)21(18,19)17-9-12-5-6-20-10-12/h3-4,7,12,16-17H,2,5-6,8-10H2,1H3. The monoisotopic (exact) mass is 332 g/mol. The van der Waals surface area contributed by atoms with Gasteiger partial charge in [0.1, 0.15) is 10.7 Å². The van der Waals surface area contributed by atoms with E-state index in [1.165, 1.54) is 12.1 Å². The molecule has 0 radical (unpaired) electrons. The van der Waals surface area contributed by atoms with Gasteiger partial charge in [-0.1, -0.05) is 13.0 Å². The smallest absolute Gasteiger partial charge is 0.243 e. The molecule has 2 rings (SSSR count). The summed E-state index contributed by atoms with van der Waals surface area (Å²) in [5, 5.41) is 3.10. The first-order valence-electron chi connectivity index (χ1n) is 7.09. The summed E-state index contributed by atoms with van der Waals surface area (Å²) in [5.41, 5.74) is 0.759. The molecule has 7 heteroatoms. The molecule has 1 heterocycles. The Labute approximate surface area is 129 Å². The van der Waals surface area contributed by atoms with Crippen molar-refractivity contribution in [2.45, 2.75) is 24.8 Å². The summed E-state index contributed by atoms with van der Waals surface area (Å²) in [4.78, 5) is -0.261. The van der Waals surface area contributed by atoms with E-state index in [1.54, 1.807) is 6.07 Å². The van der Waals surface area contributed by atoms with Crippen molar-refractivity contribution in [2.75, 3.05) is 24.6 Å². The second-order valence-corrected chi connectivity index (χ2v) is 8.01. The van der Waals surface area contributed by atoms with E-state index >= 15 is 0 Å². The molecule has 1 aliphatic heterocycles. The summed E-state index contributed by atoms with van der Waals surface area (Å²) in [7, 11) is -3.79. The van der Waals surface area contributed by atoms with Crippen LogP contribution in [0.2, 0.25) is 0 Å². The van der Waals surface area contributed by atoms with Gasteiger partial charge < -0.3 is 5.32 Å². The van der Waals surface area contributed by atoms with Crippen molar-refractivity contribution in [3.8, 4) is 0 Å². The van der Waals surface area contributed by atoms with Crippen LogP contribution in [0.3, 0.4) is 0 Å². The average molecular weight is 332 g/mol. The van der Waals surface area contributed by atoms with Crippen molar-refractivity contribution < 1.29 is 12.8 Å². The summed E-state index contributed by atoms with van der Waals surface area (Å²) >= 11 is 1.83. The molecule has 0 aromatic heterocycles. The third-order valence-corrected chi connectivity index (χ3v) is 6.12. The van der Waals surface area contributed by atoms with Gasteiger partial charge in [0.15, 0.2) is 0 Å². The van der Waals surface area contributed by atoms with E-state index < -0.39 is 15.8 Å². The molecule has 1 saturated heterocycles. The van der Waals surface area contributed by atoms with E-state index in [1.807, 2.05) is 18.7 Å². The second-order valence-electron chi connectivity index (χ2n) is 5.13. The van der Waals surface area contributed by atoms with Gasteiger partial charge in [-0.2, -0.15) is 11.8 Å². The van der Waals surface area contributed by atoms with Gasteiger partial charge >= 0.3 is 0 Å². The summed E-state index contributed by atoms with van der Waals surface area (Å²) in [6.45, 7) is 3.64. The molecule has 1 unspecified atom stereocenters. The Morgan fingerprint density at radius 3 is 2.90 bits per heavy atom. The van der Waals surface area contributed by atoms with Crippen LogP contribution in [0.5, 0.6) is 0 Å². The summed E-state index contributed by atoms with van der Waals surface area (Å²) in [5.74, 6) is 1.67. The minimum Gasteiger partial charge on any atom is -0.313 e. The van der Waals surface area contributed by atoms with Gasteiger partial charge in [0, 0.05) is 13.1 Å². The first-order chi connectivity index (χ1) is 10.0. The molecule has 1 aliphatic rings. The third kappa shape index (κ3) is 4.67. The van der Waals surface area contributed by atoms with Crippen LogP contribution in [-0.4, -0.2) is 33.0 Å². The van der Waals surface area contributed by atoms with Gasteiger partial charge in [0.05, 0.1) is 0 Å². The summed E-state index contributed by atoms with van der Waals surface area (Å²) in [6, 6.07) is 4.22. The predicted molar refractivity (Wildman–Crippen MR) is 84.4 cm³/mol. The number of hydrogen-bond donors (Lipinski definition) is 2. The maximum absolute atomic E-state index is 13.8. The lowest BCUT2D eigenvalue weighted by atomic mass is 10.1. The largest absolute Gasteiger partial charge is 0.313 e. The van der Waals surface area contributed by atoms with Crippen LogP contribution in [0, 0.1) is 11.7 Å². The number of rotatable bonds is 7. The molecule has 21 heavy (non-hydrogen) atoms. The summed E-state index contributed by atoms with van der Waals surface area (Å²) in [6.07, 6.45) is 1.01. The Bertz CT molecular complexity index is 572. The first-order valence-corrected chi connectivity index (χ1v) is 9.73. The normalized spacial score (nSPS) is 19.0. The zero-order valence-electron chi connectivity index (χ0n) is 12.1. The van der Waals surface area contributed by atoms with Crippen LogP contribution in [0.1, 0.15) is 18.9 Å². The quantitative estimate of drug-likeness (QED) is 0.801. The van der Waals surface area contributed by atoms with Crippen LogP contribution in [-0.2, 0) is 16.6 Å². The lowest BCUT2D eigenvalue weighted by molar-refractivity contribution is 0.533. The minimum atomic E-state index is -3.79. The van der Waals surface area contributed by atoms with Gasteiger partial charge in [0.2, 0.25) is 10.0 Å². The van der Waals surface area contributed by atoms with Crippen LogP contribution in [0.25, 0.3) is 0 Å². The molecule has 1 fully saturated rings. The molecule has 1 aromatic rings.